The van der Waals surface area contributed by atoms with Gasteiger partial charge in [-0.1, -0.05) is 0 Å². The zero-order valence-electron chi connectivity index (χ0n) is 14.7. The van der Waals surface area contributed by atoms with E-state index < -0.39 is 5.54 Å². The van der Waals surface area contributed by atoms with Crippen LogP contribution in [0.5, 0.6) is 5.88 Å². The standard InChI is InChI=1S/C16H21N3O.C2H4O2/c1-10-6-12-13(7-18-10)15(20-9-11-4-5-11)19-8-14(12)16(2,3)17;1-4-2-3/h6-8,11H,4-5,9,17H2,1-3H3;2H,1H3. The number of hydrogen-bond donors (Lipinski definition) is 1. The molecule has 2 aromatic heterocycles. The van der Waals surface area contributed by atoms with Crippen LogP contribution in [0.25, 0.3) is 10.8 Å². The molecule has 0 amide bonds. The Morgan fingerprint density at radius 2 is 1.96 bits per heavy atom. The number of hydrogen-bond acceptors (Lipinski definition) is 6. The number of fused-ring (bicyclic) bond motifs is 1. The average Bonchev–Trinajstić information content (AvgIpc) is 3.35. The van der Waals surface area contributed by atoms with E-state index in [0.29, 0.717) is 18.3 Å². The molecule has 0 aliphatic heterocycles. The van der Waals surface area contributed by atoms with Gasteiger partial charge in [-0.05, 0) is 56.5 Å². The van der Waals surface area contributed by atoms with Gasteiger partial charge in [0.15, 0.2) is 0 Å². The van der Waals surface area contributed by atoms with E-state index in [4.69, 9.17) is 15.3 Å². The lowest BCUT2D eigenvalue weighted by atomic mass is 9.93. The maximum atomic E-state index is 8.95. The third kappa shape index (κ3) is 4.64. The van der Waals surface area contributed by atoms with Gasteiger partial charge in [0.1, 0.15) is 0 Å². The van der Waals surface area contributed by atoms with E-state index in [0.717, 1.165) is 28.6 Å². The predicted octanol–water partition coefficient (Wildman–Crippen LogP) is 2.71. The zero-order chi connectivity index (χ0) is 17.7. The Morgan fingerprint density at radius 1 is 1.29 bits per heavy atom. The van der Waals surface area contributed by atoms with E-state index in [2.05, 4.69) is 20.8 Å². The fourth-order valence-corrected chi connectivity index (χ4v) is 2.33. The largest absolute Gasteiger partial charge is 0.477 e. The second-order valence-corrected chi connectivity index (χ2v) is 6.66. The molecule has 6 heteroatoms. The molecule has 2 heterocycles. The Kier molecular flexibility index (Phi) is 5.72. The van der Waals surface area contributed by atoms with Crippen LogP contribution >= 0.6 is 0 Å². The van der Waals surface area contributed by atoms with Gasteiger partial charge in [0.05, 0.1) is 19.1 Å². The number of aryl methyl sites for hydroxylation is 1. The second-order valence-electron chi connectivity index (χ2n) is 6.66. The van der Waals surface area contributed by atoms with Crippen LogP contribution in [0.4, 0.5) is 0 Å². The van der Waals surface area contributed by atoms with Crippen LogP contribution in [0.3, 0.4) is 0 Å². The summed E-state index contributed by atoms with van der Waals surface area (Å²) in [5, 5.41) is 2.04. The van der Waals surface area contributed by atoms with Gasteiger partial charge in [-0.2, -0.15) is 0 Å². The molecule has 0 spiro atoms. The monoisotopic (exact) mass is 331 g/mol. The Hall–Kier alpha value is -2.21. The number of nitrogens with two attached hydrogens (primary N) is 1. The van der Waals surface area contributed by atoms with Gasteiger partial charge < -0.3 is 15.2 Å². The van der Waals surface area contributed by atoms with Crippen LogP contribution in [0.15, 0.2) is 18.5 Å². The summed E-state index contributed by atoms with van der Waals surface area (Å²) in [5.74, 6) is 1.38. The Bertz CT molecular complexity index is 706. The smallest absolute Gasteiger partial charge is 0.292 e. The molecule has 2 N–H and O–H groups in total. The number of carbonyl (C=O) groups is 1. The van der Waals surface area contributed by atoms with Crippen molar-refractivity contribution in [3.05, 3.63) is 29.7 Å². The molecule has 3 rings (SSSR count). The van der Waals surface area contributed by atoms with Crippen molar-refractivity contribution in [3.8, 4) is 5.88 Å². The Balaban J connectivity index is 0.000000471. The van der Waals surface area contributed by atoms with Crippen LogP contribution < -0.4 is 10.5 Å². The van der Waals surface area contributed by atoms with Gasteiger partial charge >= 0.3 is 0 Å². The number of nitrogens with zero attached hydrogens (tertiary/aromatic N) is 2. The molecule has 1 aliphatic rings. The fraction of sp³-hybridized carbons (Fsp3) is 0.500. The summed E-state index contributed by atoms with van der Waals surface area (Å²) in [5.41, 5.74) is 7.82. The molecule has 0 radical (unpaired) electrons. The van der Waals surface area contributed by atoms with Gasteiger partial charge in [-0.25, -0.2) is 4.98 Å². The average molecular weight is 331 g/mol. The third-order valence-electron chi connectivity index (χ3n) is 3.82. The van der Waals surface area contributed by atoms with Gasteiger partial charge in [-0.15, -0.1) is 0 Å². The van der Waals surface area contributed by atoms with E-state index >= 15 is 0 Å². The molecule has 0 bridgehead atoms. The first-order chi connectivity index (χ1) is 11.4. The maximum absolute atomic E-state index is 8.95. The van der Waals surface area contributed by atoms with Gasteiger partial charge in [-0.3, -0.25) is 9.78 Å². The van der Waals surface area contributed by atoms with Crippen LogP contribution in [-0.2, 0) is 15.1 Å². The third-order valence-corrected chi connectivity index (χ3v) is 3.82. The summed E-state index contributed by atoms with van der Waals surface area (Å²) in [6.07, 6.45) is 6.21. The molecule has 2 aromatic rings. The first-order valence-electron chi connectivity index (χ1n) is 8.00. The molecule has 0 saturated heterocycles. The molecule has 130 valence electrons. The van der Waals surface area contributed by atoms with E-state index in [-0.39, 0.29) is 0 Å². The first-order valence-corrected chi connectivity index (χ1v) is 8.00. The van der Waals surface area contributed by atoms with Crippen LogP contribution in [-0.4, -0.2) is 30.2 Å². The van der Waals surface area contributed by atoms with Crippen molar-refractivity contribution in [3.63, 3.8) is 0 Å². The summed E-state index contributed by atoms with van der Waals surface area (Å²) < 4.78 is 9.72. The molecular weight excluding hydrogens is 306 g/mol. The Morgan fingerprint density at radius 3 is 2.50 bits per heavy atom. The van der Waals surface area contributed by atoms with Crippen molar-refractivity contribution in [1.29, 1.82) is 0 Å². The predicted molar refractivity (Wildman–Crippen MR) is 92.8 cm³/mol. The summed E-state index contributed by atoms with van der Waals surface area (Å²) in [7, 11) is 1.31. The maximum Gasteiger partial charge on any atom is 0.292 e. The van der Waals surface area contributed by atoms with Gasteiger partial charge in [0.25, 0.3) is 6.47 Å². The van der Waals surface area contributed by atoms with Crippen LogP contribution in [0.1, 0.15) is 37.9 Å². The topological polar surface area (TPSA) is 87.3 Å². The molecule has 6 nitrogen and oxygen atoms in total. The normalized spacial score (nSPS) is 13.9. The van der Waals surface area contributed by atoms with E-state index in [9.17, 15) is 0 Å². The van der Waals surface area contributed by atoms with E-state index in [1.165, 1.54) is 20.0 Å². The van der Waals surface area contributed by atoms with E-state index in [1.54, 1.807) is 0 Å². The highest BCUT2D eigenvalue weighted by Crippen LogP contribution is 2.33. The second kappa shape index (κ2) is 7.57. The minimum Gasteiger partial charge on any atom is -0.477 e. The van der Waals surface area contributed by atoms with Crippen molar-refractivity contribution in [2.75, 3.05) is 13.7 Å². The van der Waals surface area contributed by atoms with Crippen molar-refractivity contribution >= 4 is 17.2 Å². The summed E-state index contributed by atoms with van der Waals surface area (Å²) in [6, 6.07) is 2.06. The summed E-state index contributed by atoms with van der Waals surface area (Å²) >= 11 is 0. The lowest BCUT2D eigenvalue weighted by Gasteiger charge is -2.22. The number of methoxy groups -OCH3 is 1. The fourth-order valence-electron chi connectivity index (χ4n) is 2.33. The van der Waals surface area contributed by atoms with Gasteiger partial charge in [0.2, 0.25) is 5.88 Å². The molecule has 0 atom stereocenters. The molecule has 1 saturated carbocycles. The highest BCUT2D eigenvalue weighted by atomic mass is 16.5. The summed E-state index contributed by atoms with van der Waals surface area (Å²) in [6.45, 7) is 7.09. The number of rotatable bonds is 5. The highest BCUT2D eigenvalue weighted by molar-refractivity contribution is 5.89. The van der Waals surface area contributed by atoms with Crippen molar-refractivity contribution in [1.82, 2.24) is 9.97 Å². The molecule has 1 fully saturated rings. The number of pyridine rings is 2. The molecule has 0 unspecified atom stereocenters. The number of carbonyl (C=O) groups excluding carboxylic acids is 1. The lowest BCUT2D eigenvalue weighted by Crippen LogP contribution is -2.29. The number of ether oxygens (including phenoxy) is 2. The van der Waals surface area contributed by atoms with Crippen molar-refractivity contribution in [2.24, 2.45) is 11.7 Å². The molecule has 0 aromatic carbocycles. The van der Waals surface area contributed by atoms with Crippen molar-refractivity contribution < 1.29 is 14.3 Å². The minimum absolute atomic E-state index is 0.375. The quantitative estimate of drug-likeness (QED) is 0.848. The van der Waals surface area contributed by atoms with Crippen molar-refractivity contribution in [2.45, 2.75) is 39.2 Å². The number of aromatic nitrogens is 2. The molecular formula is C18H25N3O3. The van der Waals surface area contributed by atoms with Gasteiger partial charge in [0, 0.05) is 23.6 Å². The summed E-state index contributed by atoms with van der Waals surface area (Å²) in [4.78, 5) is 17.8. The Labute approximate surface area is 142 Å². The van der Waals surface area contributed by atoms with Crippen LogP contribution in [0.2, 0.25) is 0 Å². The molecule has 1 aliphatic carbocycles. The lowest BCUT2D eigenvalue weighted by molar-refractivity contribution is -0.126. The highest BCUT2D eigenvalue weighted by Gasteiger charge is 2.24. The first kappa shape index (κ1) is 18.1. The SMILES string of the molecule is COC=O.Cc1cc2c(C(C)(C)N)cnc(OCC3CC3)c2cn1. The molecule has 24 heavy (non-hydrogen) atoms. The van der Waals surface area contributed by atoms with Crippen LogP contribution in [0, 0.1) is 12.8 Å². The minimum atomic E-state index is -0.436. The van der Waals surface area contributed by atoms with E-state index in [1.807, 2.05) is 33.2 Å². The zero-order valence-corrected chi connectivity index (χ0v) is 14.7.